The summed E-state index contributed by atoms with van der Waals surface area (Å²) in [4.78, 5) is 75.2. The number of esters is 5. The SMILES string of the molecule is COC(=O)[C@H]1O[C@@H](Oc2cc(C3CC(=O)c4c(O)cc(OC(=O)c5ccccc5)cc4O3)ccc2OC)[C@H](OC(C)=O)[C@@H](OC(C)=O)[C@@H]1OC(C)=O. The molecule has 3 aromatic rings. The van der Waals surface area contributed by atoms with Gasteiger partial charge in [0.05, 0.1) is 26.2 Å². The van der Waals surface area contributed by atoms with Gasteiger partial charge in [0.25, 0.3) is 0 Å². The molecular weight excluding hydrogens is 688 g/mol. The van der Waals surface area contributed by atoms with E-state index in [0.29, 0.717) is 5.56 Å². The minimum atomic E-state index is -1.71. The molecule has 52 heavy (non-hydrogen) atoms. The van der Waals surface area contributed by atoms with E-state index in [-0.39, 0.29) is 40.5 Å². The standard InChI is InChI=1S/C36H34O16/c1-17(37)46-30-31(47-18(2)38)33(48-19(3)39)36(52-32(30)35(43)45-5)51-27-13-21(11-12-25(27)44-4)26-16-24(41)29-23(40)14-22(15-28(29)50-26)49-34(42)20-9-7-6-8-10-20/h6-15,26,30-33,36,40H,16H2,1-5H3/t26?,30-,31-,32-,33+,36+/m0/s1. The molecule has 0 amide bonds. The van der Waals surface area contributed by atoms with Crippen LogP contribution in [0.3, 0.4) is 0 Å². The number of phenolic OH excluding ortho intramolecular Hbond substituents is 1. The number of methoxy groups -OCH3 is 2. The molecular formula is C36H34O16. The third-order valence-corrected chi connectivity index (χ3v) is 7.83. The van der Waals surface area contributed by atoms with Crippen molar-refractivity contribution in [1.82, 2.24) is 0 Å². The molecule has 2 aliphatic heterocycles. The van der Waals surface area contributed by atoms with E-state index < -0.39 is 78.2 Å². The summed E-state index contributed by atoms with van der Waals surface area (Å²) in [6.45, 7) is 3.17. The zero-order valence-electron chi connectivity index (χ0n) is 28.5. The second-order valence-corrected chi connectivity index (χ2v) is 11.5. The van der Waals surface area contributed by atoms with E-state index in [1.54, 1.807) is 36.4 Å². The minimum Gasteiger partial charge on any atom is -0.507 e. The summed E-state index contributed by atoms with van der Waals surface area (Å²) in [5.74, 6) is -5.31. The number of aromatic hydroxyl groups is 1. The average molecular weight is 723 g/mol. The van der Waals surface area contributed by atoms with E-state index in [4.69, 9.17) is 42.6 Å². The van der Waals surface area contributed by atoms with Crippen LogP contribution >= 0.6 is 0 Å². The lowest BCUT2D eigenvalue weighted by atomic mass is 9.95. The molecule has 2 heterocycles. The monoisotopic (exact) mass is 722 g/mol. The molecule has 16 heteroatoms. The summed E-state index contributed by atoms with van der Waals surface area (Å²) in [6.07, 6.45) is -9.40. The maximum atomic E-state index is 13.3. The molecule has 1 N–H and O–H groups in total. The second kappa shape index (κ2) is 15.8. The summed E-state index contributed by atoms with van der Waals surface area (Å²) < 4.78 is 50.0. The fourth-order valence-electron chi connectivity index (χ4n) is 5.69. The highest BCUT2D eigenvalue weighted by Crippen LogP contribution is 2.44. The lowest BCUT2D eigenvalue weighted by molar-refractivity contribution is -0.282. The molecule has 16 nitrogen and oxygen atoms in total. The van der Waals surface area contributed by atoms with Crippen LogP contribution in [0.25, 0.3) is 0 Å². The Balaban J connectivity index is 1.47. The van der Waals surface area contributed by atoms with Gasteiger partial charge in [-0.1, -0.05) is 24.3 Å². The number of benzene rings is 3. The Hall–Kier alpha value is -6.16. The van der Waals surface area contributed by atoms with E-state index in [1.165, 1.54) is 25.3 Å². The molecule has 3 aromatic carbocycles. The van der Waals surface area contributed by atoms with Gasteiger partial charge in [-0.15, -0.1) is 0 Å². The van der Waals surface area contributed by atoms with Gasteiger partial charge in [-0.3, -0.25) is 19.2 Å². The lowest BCUT2D eigenvalue weighted by Crippen LogP contribution is -2.64. The van der Waals surface area contributed by atoms with Gasteiger partial charge in [-0.25, -0.2) is 9.59 Å². The zero-order chi connectivity index (χ0) is 37.7. The summed E-state index contributed by atoms with van der Waals surface area (Å²) in [6, 6.07) is 15.1. The quantitative estimate of drug-likeness (QED) is 0.181. The van der Waals surface area contributed by atoms with E-state index in [0.717, 1.165) is 33.9 Å². The van der Waals surface area contributed by atoms with Gasteiger partial charge in [0.15, 0.2) is 35.6 Å². The van der Waals surface area contributed by atoms with Gasteiger partial charge in [0, 0.05) is 32.9 Å². The Morgan fingerprint density at radius 2 is 1.44 bits per heavy atom. The Labute approximate surface area is 296 Å². The molecule has 5 rings (SSSR count). The van der Waals surface area contributed by atoms with Crippen LogP contribution < -0.4 is 18.9 Å². The molecule has 1 fully saturated rings. The number of phenols is 1. The number of rotatable bonds is 10. The molecule has 1 unspecified atom stereocenters. The molecule has 6 atom stereocenters. The fraction of sp³-hybridized carbons (Fsp3) is 0.333. The van der Waals surface area contributed by atoms with Gasteiger partial charge in [-0.05, 0) is 29.8 Å². The van der Waals surface area contributed by atoms with E-state index in [9.17, 15) is 33.9 Å². The van der Waals surface area contributed by atoms with Gasteiger partial charge in [0.2, 0.25) is 12.4 Å². The number of fused-ring (bicyclic) bond motifs is 1. The van der Waals surface area contributed by atoms with Gasteiger partial charge < -0.3 is 47.7 Å². The molecule has 0 bridgehead atoms. The van der Waals surface area contributed by atoms with Crippen LogP contribution in [0.1, 0.15) is 59.6 Å². The Morgan fingerprint density at radius 3 is 2.08 bits per heavy atom. The predicted octanol–water partition coefficient (Wildman–Crippen LogP) is 3.40. The Kier molecular flexibility index (Phi) is 11.3. The first-order valence-corrected chi connectivity index (χ1v) is 15.7. The smallest absolute Gasteiger partial charge is 0.343 e. The van der Waals surface area contributed by atoms with Crippen molar-refractivity contribution in [1.29, 1.82) is 0 Å². The molecule has 2 aliphatic rings. The van der Waals surface area contributed by atoms with Crippen molar-refractivity contribution in [2.45, 2.75) is 64.0 Å². The van der Waals surface area contributed by atoms with Crippen molar-refractivity contribution in [2.75, 3.05) is 14.2 Å². The Morgan fingerprint density at radius 1 is 0.788 bits per heavy atom. The number of ether oxygens (including phenoxy) is 9. The van der Waals surface area contributed by atoms with Crippen LogP contribution in [0.15, 0.2) is 60.7 Å². The summed E-state index contributed by atoms with van der Waals surface area (Å²) in [5, 5.41) is 10.7. The highest BCUT2D eigenvalue weighted by molar-refractivity contribution is 6.03. The maximum Gasteiger partial charge on any atom is 0.343 e. The first kappa shape index (κ1) is 37.1. The maximum absolute atomic E-state index is 13.3. The highest BCUT2D eigenvalue weighted by Gasteiger charge is 2.56. The Bertz CT molecular complexity index is 1870. The molecule has 0 saturated carbocycles. The number of carbonyl (C=O) groups is 6. The third kappa shape index (κ3) is 8.24. The van der Waals surface area contributed by atoms with Crippen molar-refractivity contribution in [3.05, 3.63) is 77.4 Å². The van der Waals surface area contributed by atoms with Crippen LogP contribution in [-0.4, -0.2) is 85.7 Å². The number of hydrogen-bond acceptors (Lipinski definition) is 16. The first-order valence-electron chi connectivity index (χ1n) is 15.7. The van der Waals surface area contributed by atoms with Crippen LogP contribution in [0.5, 0.6) is 28.7 Å². The van der Waals surface area contributed by atoms with Crippen LogP contribution in [0, 0.1) is 0 Å². The molecule has 1 saturated heterocycles. The second-order valence-electron chi connectivity index (χ2n) is 11.5. The van der Waals surface area contributed by atoms with Crippen LogP contribution in [0.2, 0.25) is 0 Å². The zero-order valence-corrected chi connectivity index (χ0v) is 28.5. The molecule has 0 aliphatic carbocycles. The summed E-state index contributed by atoms with van der Waals surface area (Å²) in [7, 11) is 2.39. The van der Waals surface area contributed by atoms with Gasteiger partial charge >= 0.3 is 29.8 Å². The number of Topliss-reactive ketones (excluding diaryl/α,β-unsaturated/α-hetero) is 1. The van der Waals surface area contributed by atoms with Crippen molar-refractivity contribution in [2.24, 2.45) is 0 Å². The average Bonchev–Trinajstić information content (AvgIpc) is 3.09. The van der Waals surface area contributed by atoms with Gasteiger partial charge in [0.1, 0.15) is 28.9 Å². The first-order chi connectivity index (χ1) is 24.8. The largest absolute Gasteiger partial charge is 0.507 e. The van der Waals surface area contributed by atoms with Crippen molar-refractivity contribution in [3.63, 3.8) is 0 Å². The van der Waals surface area contributed by atoms with Gasteiger partial charge in [-0.2, -0.15) is 0 Å². The highest BCUT2D eigenvalue weighted by atomic mass is 16.7. The minimum absolute atomic E-state index is 0.0532. The van der Waals surface area contributed by atoms with Crippen molar-refractivity contribution in [3.8, 4) is 28.7 Å². The van der Waals surface area contributed by atoms with Crippen LogP contribution in [0.4, 0.5) is 0 Å². The fourth-order valence-corrected chi connectivity index (χ4v) is 5.69. The normalized spacial score (nSPS) is 22.1. The molecule has 0 radical (unpaired) electrons. The lowest BCUT2D eigenvalue weighted by Gasteiger charge is -2.43. The number of hydrogen-bond donors (Lipinski definition) is 1. The topological polar surface area (TPSA) is 206 Å². The molecule has 0 aromatic heterocycles. The summed E-state index contributed by atoms with van der Waals surface area (Å²) >= 11 is 0. The van der Waals surface area contributed by atoms with E-state index >= 15 is 0 Å². The predicted molar refractivity (Wildman–Crippen MR) is 173 cm³/mol. The van der Waals surface area contributed by atoms with E-state index in [2.05, 4.69) is 0 Å². The third-order valence-electron chi connectivity index (χ3n) is 7.83. The number of carbonyl (C=O) groups excluding carboxylic acids is 6. The van der Waals surface area contributed by atoms with E-state index in [1.807, 2.05) is 0 Å². The van der Waals surface area contributed by atoms with Crippen molar-refractivity contribution >= 4 is 35.6 Å². The summed E-state index contributed by atoms with van der Waals surface area (Å²) in [5.41, 5.74) is 0.519. The van der Waals surface area contributed by atoms with Crippen molar-refractivity contribution < 1.29 is 76.5 Å². The number of ketones is 1. The van der Waals surface area contributed by atoms with Crippen LogP contribution in [-0.2, 0) is 42.9 Å². The molecule has 274 valence electrons. The molecule has 0 spiro atoms.